The standard InChI is InChI=1S/C17H32N2O6/c1-8-24-15(22)13(11(4)20)19-14(21)12(9-10(2)3)18-16(23)25-17(5,6)7/h10-13,20H,8-9H2,1-7H3,(H,18,23)(H,19,21)/t11-,12+,13+/m1/s1. The van der Waals surface area contributed by atoms with E-state index < -0.39 is 41.8 Å². The van der Waals surface area contributed by atoms with Gasteiger partial charge in [-0.05, 0) is 47.0 Å². The Bertz CT molecular complexity index is 457. The quantitative estimate of drug-likeness (QED) is 0.563. The molecule has 0 aliphatic rings. The second kappa shape index (κ2) is 10.2. The predicted molar refractivity (Wildman–Crippen MR) is 92.9 cm³/mol. The van der Waals surface area contributed by atoms with Gasteiger partial charge in [-0.15, -0.1) is 0 Å². The first-order chi connectivity index (χ1) is 11.4. The maximum atomic E-state index is 12.5. The predicted octanol–water partition coefficient (Wildman–Crippen LogP) is 1.35. The van der Waals surface area contributed by atoms with Gasteiger partial charge in [0.05, 0.1) is 12.7 Å². The summed E-state index contributed by atoms with van der Waals surface area (Å²) in [5, 5.41) is 14.7. The molecule has 0 heterocycles. The van der Waals surface area contributed by atoms with Crippen LogP contribution >= 0.6 is 0 Å². The highest BCUT2D eigenvalue weighted by Crippen LogP contribution is 2.10. The molecule has 0 spiro atoms. The van der Waals surface area contributed by atoms with Crippen molar-refractivity contribution in [2.75, 3.05) is 6.61 Å². The molecule has 3 N–H and O–H groups in total. The number of amides is 2. The van der Waals surface area contributed by atoms with Crippen molar-refractivity contribution >= 4 is 18.0 Å². The normalized spacial score (nSPS) is 15.1. The van der Waals surface area contributed by atoms with Gasteiger partial charge in [0.1, 0.15) is 11.6 Å². The first-order valence-electron chi connectivity index (χ1n) is 8.52. The Morgan fingerprint density at radius 3 is 2.04 bits per heavy atom. The molecule has 146 valence electrons. The molecular weight excluding hydrogens is 328 g/mol. The number of carbonyl (C=O) groups is 3. The summed E-state index contributed by atoms with van der Waals surface area (Å²) in [6, 6.07) is -2.10. The van der Waals surface area contributed by atoms with Gasteiger partial charge in [-0.2, -0.15) is 0 Å². The Morgan fingerprint density at radius 2 is 1.64 bits per heavy atom. The molecule has 0 rings (SSSR count). The van der Waals surface area contributed by atoms with Crippen molar-refractivity contribution in [2.24, 2.45) is 5.92 Å². The van der Waals surface area contributed by atoms with Gasteiger partial charge < -0.3 is 25.2 Å². The largest absolute Gasteiger partial charge is 0.464 e. The van der Waals surface area contributed by atoms with E-state index in [0.717, 1.165) is 0 Å². The third-order valence-corrected chi connectivity index (χ3v) is 3.04. The molecule has 0 bridgehead atoms. The highest BCUT2D eigenvalue weighted by atomic mass is 16.6. The molecule has 25 heavy (non-hydrogen) atoms. The lowest BCUT2D eigenvalue weighted by Gasteiger charge is -2.26. The fourth-order valence-corrected chi connectivity index (χ4v) is 2.02. The van der Waals surface area contributed by atoms with E-state index in [1.54, 1.807) is 27.7 Å². The van der Waals surface area contributed by atoms with E-state index in [0.29, 0.717) is 6.42 Å². The van der Waals surface area contributed by atoms with Crippen LogP contribution in [0.1, 0.15) is 54.9 Å². The van der Waals surface area contributed by atoms with Crippen molar-refractivity contribution in [3.8, 4) is 0 Å². The van der Waals surface area contributed by atoms with E-state index in [9.17, 15) is 19.5 Å². The molecule has 8 heteroatoms. The van der Waals surface area contributed by atoms with Crippen molar-refractivity contribution < 1.29 is 29.0 Å². The Kier molecular flexibility index (Phi) is 9.48. The van der Waals surface area contributed by atoms with Gasteiger partial charge in [-0.25, -0.2) is 9.59 Å². The highest BCUT2D eigenvalue weighted by Gasteiger charge is 2.31. The number of ether oxygens (including phenoxy) is 2. The van der Waals surface area contributed by atoms with Crippen LogP contribution in [0.4, 0.5) is 4.79 Å². The van der Waals surface area contributed by atoms with Crippen molar-refractivity contribution in [1.29, 1.82) is 0 Å². The molecular formula is C17H32N2O6. The molecule has 0 unspecified atom stereocenters. The molecule has 0 aliphatic carbocycles. The van der Waals surface area contributed by atoms with Crippen LogP contribution in [-0.4, -0.2) is 53.5 Å². The van der Waals surface area contributed by atoms with Gasteiger partial charge >= 0.3 is 12.1 Å². The van der Waals surface area contributed by atoms with Gasteiger partial charge in [-0.3, -0.25) is 4.79 Å². The number of rotatable bonds is 8. The van der Waals surface area contributed by atoms with E-state index in [-0.39, 0.29) is 12.5 Å². The van der Waals surface area contributed by atoms with Gasteiger partial charge in [0.15, 0.2) is 6.04 Å². The fourth-order valence-electron chi connectivity index (χ4n) is 2.02. The summed E-state index contributed by atoms with van der Waals surface area (Å²) in [5.41, 5.74) is -0.698. The molecule has 0 aromatic carbocycles. The van der Waals surface area contributed by atoms with Crippen LogP contribution in [0.2, 0.25) is 0 Å². The van der Waals surface area contributed by atoms with Gasteiger partial charge in [0.2, 0.25) is 5.91 Å². The Labute approximate surface area is 149 Å². The molecule has 0 aromatic rings. The lowest BCUT2D eigenvalue weighted by Crippen LogP contribution is -2.55. The first kappa shape index (κ1) is 23.2. The average Bonchev–Trinajstić information content (AvgIpc) is 2.40. The zero-order valence-electron chi connectivity index (χ0n) is 16.2. The van der Waals surface area contributed by atoms with Crippen LogP contribution in [0.3, 0.4) is 0 Å². The van der Waals surface area contributed by atoms with Crippen LogP contribution in [0.5, 0.6) is 0 Å². The van der Waals surface area contributed by atoms with Crippen molar-refractivity contribution in [1.82, 2.24) is 10.6 Å². The number of carbonyl (C=O) groups excluding carboxylic acids is 3. The Hall–Kier alpha value is -1.83. The van der Waals surface area contributed by atoms with Crippen molar-refractivity contribution in [2.45, 2.75) is 78.7 Å². The second-order valence-corrected chi connectivity index (χ2v) is 7.31. The molecule has 0 aromatic heterocycles. The molecule has 0 aliphatic heterocycles. The number of aliphatic hydroxyl groups excluding tert-OH is 1. The van der Waals surface area contributed by atoms with Crippen LogP contribution in [0.25, 0.3) is 0 Å². The van der Waals surface area contributed by atoms with Crippen molar-refractivity contribution in [3.05, 3.63) is 0 Å². The lowest BCUT2D eigenvalue weighted by atomic mass is 10.0. The Morgan fingerprint density at radius 1 is 1.08 bits per heavy atom. The number of aliphatic hydroxyl groups is 1. The highest BCUT2D eigenvalue weighted by molar-refractivity contribution is 5.90. The summed E-state index contributed by atoms with van der Waals surface area (Å²) in [6.45, 7) is 12.1. The fraction of sp³-hybridized carbons (Fsp3) is 0.824. The van der Waals surface area contributed by atoms with Crippen LogP contribution in [0, 0.1) is 5.92 Å². The first-order valence-corrected chi connectivity index (χ1v) is 8.52. The van der Waals surface area contributed by atoms with E-state index in [2.05, 4.69) is 10.6 Å². The maximum absolute atomic E-state index is 12.5. The average molecular weight is 360 g/mol. The summed E-state index contributed by atoms with van der Waals surface area (Å²) >= 11 is 0. The summed E-state index contributed by atoms with van der Waals surface area (Å²) in [4.78, 5) is 36.3. The zero-order chi connectivity index (χ0) is 19.8. The van der Waals surface area contributed by atoms with Crippen molar-refractivity contribution in [3.63, 3.8) is 0 Å². The van der Waals surface area contributed by atoms with E-state index in [1.807, 2.05) is 13.8 Å². The minimum Gasteiger partial charge on any atom is -0.464 e. The third-order valence-electron chi connectivity index (χ3n) is 3.04. The maximum Gasteiger partial charge on any atom is 0.408 e. The van der Waals surface area contributed by atoms with E-state index in [1.165, 1.54) is 6.92 Å². The second-order valence-electron chi connectivity index (χ2n) is 7.31. The number of esters is 1. The number of nitrogens with one attached hydrogen (secondary N) is 2. The Balaban J connectivity index is 5.08. The van der Waals surface area contributed by atoms with Crippen LogP contribution < -0.4 is 10.6 Å². The number of hydrogen-bond acceptors (Lipinski definition) is 6. The van der Waals surface area contributed by atoms with Crippen LogP contribution in [0.15, 0.2) is 0 Å². The van der Waals surface area contributed by atoms with Gasteiger partial charge in [0.25, 0.3) is 0 Å². The number of alkyl carbamates (subject to hydrolysis) is 1. The summed E-state index contributed by atoms with van der Waals surface area (Å²) in [5.74, 6) is -1.21. The van der Waals surface area contributed by atoms with Gasteiger partial charge in [-0.1, -0.05) is 13.8 Å². The van der Waals surface area contributed by atoms with Gasteiger partial charge in [0, 0.05) is 0 Å². The summed E-state index contributed by atoms with van der Waals surface area (Å²) < 4.78 is 10.0. The zero-order valence-corrected chi connectivity index (χ0v) is 16.2. The molecule has 8 nitrogen and oxygen atoms in total. The molecule has 0 fully saturated rings. The summed E-state index contributed by atoms with van der Waals surface area (Å²) in [7, 11) is 0. The minimum absolute atomic E-state index is 0.110. The topological polar surface area (TPSA) is 114 Å². The lowest BCUT2D eigenvalue weighted by molar-refractivity contribution is -0.150. The SMILES string of the molecule is CCOC(=O)[C@@H](NC(=O)[C@H](CC(C)C)NC(=O)OC(C)(C)C)[C@@H](C)O. The smallest absolute Gasteiger partial charge is 0.408 e. The number of hydrogen-bond donors (Lipinski definition) is 3. The van der Waals surface area contributed by atoms with E-state index in [4.69, 9.17) is 9.47 Å². The molecule has 3 atom stereocenters. The van der Waals surface area contributed by atoms with E-state index >= 15 is 0 Å². The molecule has 0 saturated heterocycles. The van der Waals surface area contributed by atoms with Crippen LogP contribution in [-0.2, 0) is 19.1 Å². The molecule has 0 radical (unpaired) electrons. The minimum atomic E-state index is -1.21. The summed E-state index contributed by atoms with van der Waals surface area (Å²) in [6.07, 6.45) is -1.51. The molecule has 0 saturated carbocycles. The third kappa shape index (κ3) is 9.91. The monoisotopic (exact) mass is 360 g/mol. The molecule has 2 amide bonds.